The van der Waals surface area contributed by atoms with Crippen LogP contribution in [0.5, 0.6) is 0 Å². The number of carbonyl (C=O) groups is 4. The number of rotatable bonds is 18. The number of Topliss-reactive ketones (excluding diaryl/α,β-unsaturated/α-hetero) is 3. The van der Waals surface area contributed by atoms with E-state index in [9.17, 15) is 19.2 Å². The Bertz CT molecular complexity index is 622. The molecule has 0 aliphatic heterocycles. The molecule has 0 aromatic rings. The third kappa shape index (κ3) is 10.5. The number of hydrogen-bond acceptors (Lipinski definition) is 5. The summed E-state index contributed by atoms with van der Waals surface area (Å²) >= 11 is 0. The third-order valence-electron chi connectivity index (χ3n) is 7.09. The maximum atomic E-state index is 12.8. The first-order valence-electron chi connectivity index (χ1n) is 13.4. The smallest absolute Gasteiger partial charge is 0.316 e. The highest BCUT2D eigenvalue weighted by atomic mass is 16.5. The summed E-state index contributed by atoms with van der Waals surface area (Å²) in [7, 11) is 1.23. The Morgan fingerprint density at radius 3 is 1.64 bits per heavy atom. The Labute approximate surface area is 201 Å². The van der Waals surface area contributed by atoms with Crippen LogP contribution < -0.4 is 0 Å². The number of ether oxygens (including phenoxy) is 1. The zero-order chi connectivity index (χ0) is 24.7. The Morgan fingerprint density at radius 2 is 1.21 bits per heavy atom. The standard InChI is InChI=1S/C28H48O5/c1-5-6-7-8-9-10-11-12-13-14-15-16-17-18-19-20-22(29)24-23(30)21-28(2,3)25(26(24)31)27(32)33-4/h24-25H,5-21H2,1-4H3/t24-,25+/m1/s1. The van der Waals surface area contributed by atoms with Crippen LogP contribution in [0.3, 0.4) is 0 Å². The predicted molar refractivity (Wildman–Crippen MR) is 132 cm³/mol. The number of unbranched alkanes of at least 4 members (excludes halogenated alkanes) is 14. The van der Waals surface area contributed by atoms with Crippen molar-refractivity contribution in [2.45, 2.75) is 130 Å². The number of carbonyl (C=O) groups excluding carboxylic acids is 4. The first-order chi connectivity index (χ1) is 15.8. The van der Waals surface area contributed by atoms with Crippen LogP contribution in [0, 0.1) is 17.3 Å². The number of ketones is 3. The highest BCUT2D eigenvalue weighted by Crippen LogP contribution is 2.40. The van der Waals surface area contributed by atoms with Crippen LogP contribution >= 0.6 is 0 Å². The molecule has 0 N–H and O–H groups in total. The first-order valence-corrected chi connectivity index (χ1v) is 13.4. The molecule has 1 saturated carbocycles. The van der Waals surface area contributed by atoms with E-state index in [0.29, 0.717) is 6.42 Å². The average Bonchev–Trinajstić information content (AvgIpc) is 2.75. The van der Waals surface area contributed by atoms with Gasteiger partial charge in [0.1, 0.15) is 11.8 Å². The molecule has 2 atom stereocenters. The summed E-state index contributed by atoms with van der Waals surface area (Å²) in [5, 5.41) is 0. The van der Waals surface area contributed by atoms with Crippen molar-refractivity contribution in [2.24, 2.45) is 17.3 Å². The number of hydrogen-bond donors (Lipinski definition) is 0. The fourth-order valence-corrected chi connectivity index (χ4v) is 5.07. The summed E-state index contributed by atoms with van der Waals surface area (Å²) in [6.45, 7) is 5.67. The molecule has 1 aliphatic rings. The third-order valence-corrected chi connectivity index (χ3v) is 7.09. The van der Waals surface area contributed by atoms with Gasteiger partial charge in [0, 0.05) is 12.8 Å². The monoisotopic (exact) mass is 464 g/mol. The van der Waals surface area contributed by atoms with Gasteiger partial charge in [-0.25, -0.2) is 0 Å². The number of esters is 1. The molecule has 0 spiro atoms. The molecule has 1 aliphatic carbocycles. The van der Waals surface area contributed by atoms with E-state index in [1.807, 2.05) is 0 Å². The van der Waals surface area contributed by atoms with Crippen molar-refractivity contribution in [1.82, 2.24) is 0 Å². The maximum absolute atomic E-state index is 12.8. The van der Waals surface area contributed by atoms with E-state index in [4.69, 9.17) is 4.74 Å². The van der Waals surface area contributed by atoms with E-state index < -0.39 is 29.0 Å². The van der Waals surface area contributed by atoms with Crippen LogP contribution in [-0.2, 0) is 23.9 Å². The lowest BCUT2D eigenvalue weighted by molar-refractivity contribution is -0.161. The molecule has 0 heterocycles. The lowest BCUT2D eigenvalue weighted by atomic mass is 9.63. The van der Waals surface area contributed by atoms with Crippen molar-refractivity contribution >= 4 is 23.3 Å². The van der Waals surface area contributed by atoms with Gasteiger partial charge in [0.05, 0.1) is 7.11 Å². The van der Waals surface area contributed by atoms with Gasteiger partial charge in [0.15, 0.2) is 17.3 Å². The predicted octanol–water partition coefficient (Wildman–Crippen LogP) is 6.79. The highest BCUT2D eigenvalue weighted by Gasteiger charge is 2.53. The lowest BCUT2D eigenvalue weighted by Gasteiger charge is -2.37. The van der Waals surface area contributed by atoms with Gasteiger partial charge in [0.2, 0.25) is 0 Å². The minimum absolute atomic E-state index is 0.0494. The van der Waals surface area contributed by atoms with Gasteiger partial charge in [-0.3, -0.25) is 19.2 Å². The van der Waals surface area contributed by atoms with Gasteiger partial charge in [-0.15, -0.1) is 0 Å². The quantitative estimate of drug-likeness (QED) is 0.127. The highest BCUT2D eigenvalue weighted by molar-refractivity contribution is 6.25. The van der Waals surface area contributed by atoms with Crippen molar-refractivity contribution in [2.75, 3.05) is 7.11 Å². The van der Waals surface area contributed by atoms with Crippen LogP contribution in [0.25, 0.3) is 0 Å². The lowest BCUT2D eigenvalue weighted by Crippen LogP contribution is -2.51. The normalized spacial score (nSPS) is 20.1. The summed E-state index contributed by atoms with van der Waals surface area (Å²) in [4.78, 5) is 50.0. The second-order valence-electron chi connectivity index (χ2n) is 10.6. The number of methoxy groups -OCH3 is 1. The van der Waals surface area contributed by atoms with E-state index in [2.05, 4.69) is 6.92 Å². The van der Waals surface area contributed by atoms with Crippen molar-refractivity contribution < 1.29 is 23.9 Å². The Balaban J connectivity index is 2.15. The van der Waals surface area contributed by atoms with Crippen LogP contribution in [0.2, 0.25) is 0 Å². The Hall–Kier alpha value is -1.52. The molecule has 1 rings (SSSR count). The second kappa shape index (κ2) is 16.2. The van der Waals surface area contributed by atoms with E-state index >= 15 is 0 Å². The summed E-state index contributed by atoms with van der Waals surface area (Å²) in [6, 6.07) is 0. The fourth-order valence-electron chi connectivity index (χ4n) is 5.07. The molecular formula is C28H48O5. The minimum atomic E-state index is -1.28. The molecule has 33 heavy (non-hydrogen) atoms. The van der Waals surface area contributed by atoms with Gasteiger partial charge < -0.3 is 4.74 Å². The zero-order valence-electron chi connectivity index (χ0n) is 21.7. The van der Waals surface area contributed by atoms with Crippen LogP contribution in [0.1, 0.15) is 130 Å². The summed E-state index contributed by atoms with van der Waals surface area (Å²) in [6.07, 6.45) is 18.9. The van der Waals surface area contributed by atoms with Gasteiger partial charge >= 0.3 is 5.97 Å². The molecule has 0 unspecified atom stereocenters. The molecule has 0 aromatic carbocycles. The molecular weight excluding hydrogens is 416 g/mol. The van der Waals surface area contributed by atoms with E-state index in [0.717, 1.165) is 12.8 Å². The van der Waals surface area contributed by atoms with Crippen molar-refractivity contribution in [3.05, 3.63) is 0 Å². The molecule has 5 nitrogen and oxygen atoms in total. The average molecular weight is 465 g/mol. The van der Waals surface area contributed by atoms with Crippen LogP contribution in [0.4, 0.5) is 0 Å². The molecule has 1 fully saturated rings. The zero-order valence-corrected chi connectivity index (χ0v) is 21.7. The topological polar surface area (TPSA) is 77.5 Å². The van der Waals surface area contributed by atoms with Gasteiger partial charge in [-0.05, 0) is 11.8 Å². The molecule has 0 amide bonds. The summed E-state index contributed by atoms with van der Waals surface area (Å²) < 4.78 is 4.77. The van der Waals surface area contributed by atoms with Crippen molar-refractivity contribution in [3.8, 4) is 0 Å². The van der Waals surface area contributed by atoms with Gasteiger partial charge in [-0.1, -0.05) is 111 Å². The summed E-state index contributed by atoms with van der Waals surface area (Å²) in [5.41, 5.74) is -0.813. The van der Waals surface area contributed by atoms with Gasteiger partial charge in [-0.2, -0.15) is 0 Å². The van der Waals surface area contributed by atoms with Gasteiger partial charge in [0.25, 0.3) is 0 Å². The molecule has 0 radical (unpaired) electrons. The summed E-state index contributed by atoms with van der Waals surface area (Å²) in [5.74, 6) is -4.24. The molecule has 190 valence electrons. The van der Waals surface area contributed by atoms with E-state index in [-0.39, 0.29) is 24.4 Å². The molecule has 5 heteroatoms. The Morgan fingerprint density at radius 1 is 0.788 bits per heavy atom. The van der Waals surface area contributed by atoms with E-state index in [1.165, 1.54) is 84.2 Å². The second-order valence-corrected chi connectivity index (χ2v) is 10.6. The van der Waals surface area contributed by atoms with Crippen molar-refractivity contribution in [3.63, 3.8) is 0 Å². The fraction of sp³-hybridized carbons (Fsp3) is 0.857. The maximum Gasteiger partial charge on any atom is 0.316 e. The molecule has 0 saturated heterocycles. The molecule has 0 aromatic heterocycles. The molecule has 0 bridgehead atoms. The minimum Gasteiger partial charge on any atom is -0.468 e. The van der Waals surface area contributed by atoms with Crippen molar-refractivity contribution in [1.29, 1.82) is 0 Å². The largest absolute Gasteiger partial charge is 0.468 e. The SMILES string of the molecule is CCCCCCCCCCCCCCCCCC(=O)[C@@H]1C(=O)CC(C)(C)[C@H](C(=O)OC)C1=O. The Kier molecular flexibility index (Phi) is 14.5. The first kappa shape index (κ1) is 29.5. The van der Waals surface area contributed by atoms with Crippen LogP contribution in [0.15, 0.2) is 0 Å². The van der Waals surface area contributed by atoms with E-state index in [1.54, 1.807) is 13.8 Å². The van der Waals surface area contributed by atoms with Crippen LogP contribution in [-0.4, -0.2) is 30.4 Å².